The topological polar surface area (TPSA) is 113 Å². The van der Waals surface area contributed by atoms with Crippen LogP contribution >= 0.6 is 0 Å². The monoisotopic (exact) mass is 417 g/mol. The van der Waals surface area contributed by atoms with Crippen LogP contribution in [0.4, 0.5) is 11.4 Å². The Bertz CT molecular complexity index is 1030. The van der Waals surface area contributed by atoms with Crippen LogP contribution in [0, 0.1) is 10.1 Å². The minimum absolute atomic E-state index is 0.0796. The number of hydrogen-bond donors (Lipinski definition) is 2. The molecule has 29 heavy (non-hydrogen) atoms. The van der Waals surface area contributed by atoms with Crippen LogP contribution in [0.2, 0.25) is 0 Å². The smallest absolute Gasteiger partial charge is 0.293 e. The van der Waals surface area contributed by atoms with Crippen molar-refractivity contribution >= 4 is 21.4 Å². The van der Waals surface area contributed by atoms with E-state index in [1.54, 1.807) is 0 Å². The van der Waals surface area contributed by atoms with Crippen molar-refractivity contribution in [2.45, 2.75) is 42.7 Å². The van der Waals surface area contributed by atoms with Crippen LogP contribution in [-0.4, -0.2) is 41.9 Å². The van der Waals surface area contributed by atoms with Gasteiger partial charge in [0.1, 0.15) is 5.69 Å². The van der Waals surface area contributed by atoms with E-state index in [-0.39, 0.29) is 16.3 Å². The molecule has 0 unspecified atom stereocenters. The fourth-order valence-electron chi connectivity index (χ4n) is 4.11. The minimum atomic E-state index is -3.77. The second-order valence-electron chi connectivity index (χ2n) is 7.49. The first-order valence-corrected chi connectivity index (χ1v) is 11.1. The maximum atomic E-state index is 12.9. The summed E-state index contributed by atoms with van der Waals surface area (Å²) in [6, 6.07) is 11.0. The molecule has 1 aliphatic heterocycles. The van der Waals surface area contributed by atoms with Crippen molar-refractivity contribution < 1.29 is 18.4 Å². The summed E-state index contributed by atoms with van der Waals surface area (Å²) in [6.07, 6.45) is 2.31. The molecule has 2 aromatic carbocycles. The van der Waals surface area contributed by atoms with Crippen molar-refractivity contribution in [1.82, 2.24) is 4.31 Å². The highest BCUT2D eigenvalue weighted by atomic mass is 32.2. The van der Waals surface area contributed by atoms with Crippen LogP contribution in [-0.2, 0) is 16.4 Å². The van der Waals surface area contributed by atoms with E-state index in [4.69, 9.17) is 0 Å². The number of aliphatic hydroxyl groups is 1. The van der Waals surface area contributed by atoms with Gasteiger partial charge in [-0.3, -0.25) is 10.1 Å². The summed E-state index contributed by atoms with van der Waals surface area (Å²) in [5.74, 6) is 0. The average molecular weight is 417 g/mol. The largest absolute Gasteiger partial charge is 0.390 e. The third-order valence-electron chi connectivity index (χ3n) is 5.63. The lowest BCUT2D eigenvalue weighted by Crippen LogP contribution is -2.35. The number of anilines is 1. The molecule has 4 rings (SSSR count). The summed E-state index contributed by atoms with van der Waals surface area (Å²) in [5.41, 5.74) is 1.75. The van der Waals surface area contributed by atoms with Gasteiger partial charge in [0.2, 0.25) is 10.0 Å². The van der Waals surface area contributed by atoms with E-state index in [1.807, 2.05) is 24.3 Å². The molecule has 0 aromatic heterocycles. The number of fused-ring (bicyclic) bond motifs is 1. The van der Waals surface area contributed by atoms with Gasteiger partial charge < -0.3 is 10.4 Å². The van der Waals surface area contributed by atoms with Crippen molar-refractivity contribution in [2.75, 3.05) is 18.4 Å². The lowest BCUT2D eigenvalue weighted by Gasteiger charge is -2.26. The standard InChI is InChI=1S/C20H23N3O5S/c24-19-12-14-6-2-3-7-16(14)20(19)21-17-9-8-15(13-18(17)23(25)26)29(27,28)22-10-4-1-5-11-22/h2-3,6-9,13,19-21,24H,1,4-5,10-12H2/t19-,20+/m0/s1. The molecule has 0 spiro atoms. The van der Waals surface area contributed by atoms with Gasteiger partial charge in [-0.15, -0.1) is 0 Å². The maximum Gasteiger partial charge on any atom is 0.293 e. The van der Waals surface area contributed by atoms with Gasteiger partial charge >= 0.3 is 0 Å². The Morgan fingerprint density at radius 3 is 2.55 bits per heavy atom. The molecule has 2 atom stereocenters. The van der Waals surface area contributed by atoms with E-state index in [2.05, 4.69) is 5.32 Å². The maximum absolute atomic E-state index is 12.9. The number of hydrogen-bond acceptors (Lipinski definition) is 6. The predicted molar refractivity (Wildman–Crippen MR) is 108 cm³/mol. The molecule has 2 aliphatic rings. The van der Waals surface area contributed by atoms with E-state index in [0.29, 0.717) is 19.5 Å². The molecule has 0 saturated carbocycles. The Morgan fingerprint density at radius 2 is 1.83 bits per heavy atom. The molecule has 0 bridgehead atoms. The van der Waals surface area contributed by atoms with Crippen molar-refractivity contribution in [2.24, 2.45) is 0 Å². The Hall–Kier alpha value is -2.49. The first-order chi connectivity index (χ1) is 13.9. The first-order valence-electron chi connectivity index (χ1n) is 9.69. The first kappa shape index (κ1) is 19.8. The normalized spacial score (nSPS) is 22.2. The highest BCUT2D eigenvalue weighted by Gasteiger charge is 2.33. The lowest BCUT2D eigenvalue weighted by molar-refractivity contribution is -0.384. The van der Waals surface area contributed by atoms with Gasteiger partial charge in [0.05, 0.1) is 22.0 Å². The molecule has 1 fully saturated rings. The molecule has 9 heteroatoms. The van der Waals surface area contributed by atoms with Crippen LogP contribution in [0.5, 0.6) is 0 Å². The number of sulfonamides is 1. The summed E-state index contributed by atoms with van der Waals surface area (Å²) < 4.78 is 27.1. The van der Waals surface area contributed by atoms with Crippen LogP contribution in [0.1, 0.15) is 36.4 Å². The predicted octanol–water partition coefficient (Wildman–Crippen LogP) is 2.84. The third-order valence-corrected chi connectivity index (χ3v) is 7.53. The zero-order chi connectivity index (χ0) is 20.6. The molecule has 1 aliphatic carbocycles. The van der Waals surface area contributed by atoms with Gasteiger partial charge in [-0.1, -0.05) is 30.7 Å². The lowest BCUT2D eigenvalue weighted by atomic mass is 10.1. The molecule has 1 saturated heterocycles. The van der Waals surface area contributed by atoms with E-state index in [0.717, 1.165) is 36.5 Å². The molecule has 154 valence electrons. The number of nitrogens with zero attached hydrogens (tertiary/aromatic N) is 2. The average Bonchev–Trinajstić information content (AvgIpc) is 3.04. The molecule has 2 N–H and O–H groups in total. The third kappa shape index (κ3) is 3.73. The van der Waals surface area contributed by atoms with Crippen molar-refractivity contribution in [3.8, 4) is 0 Å². The number of rotatable bonds is 5. The number of nitro groups is 1. The summed E-state index contributed by atoms with van der Waals surface area (Å²) in [4.78, 5) is 11.0. The zero-order valence-corrected chi connectivity index (χ0v) is 16.6. The second-order valence-corrected chi connectivity index (χ2v) is 9.43. The van der Waals surface area contributed by atoms with Crippen LogP contribution < -0.4 is 5.32 Å². The molecule has 1 heterocycles. The van der Waals surface area contributed by atoms with Gasteiger partial charge in [-0.2, -0.15) is 4.31 Å². The van der Waals surface area contributed by atoms with Gasteiger partial charge in [-0.05, 0) is 36.1 Å². The van der Waals surface area contributed by atoms with Gasteiger partial charge in [0.25, 0.3) is 5.69 Å². The SMILES string of the molecule is O=[N+]([O-])c1cc(S(=O)(=O)N2CCCCC2)ccc1N[C@@H]1c2ccccc2C[C@@H]1O. The molecular weight excluding hydrogens is 394 g/mol. The van der Waals surface area contributed by atoms with E-state index in [9.17, 15) is 23.6 Å². The summed E-state index contributed by atoms with van der Waals surface area (Å²) in [6.45, 7) is 0.863. The summed E-state index contributed by atoms with van der Waals surface area (Å²) in [7, 11) is -3.77. The number of benzene rings is 2. The number of piperidine rings is 1. The second kappa shape index (κ2) is 7.74. The number of aliphatic hydroxyl groups excluding tert-OH is 1. The summed E-state index contributed by atoms with van der Waals surface area (Å²) in [5, 5.41) is 25.1. The molecule has 8 nitrogen and oxygen atoms in total. The molecule has 0 amide bonds. The Kier molecular flexibility index (Phi) is 5.28. The zero-order valence-electron chi connectivity index (χ0n) is 15.8. The van der Waals surface area contributed by atoms with Crippen LogP contribution in [0.3, 0.4) is 0 Å². The quantitative estimate of drug-likeness (QED) is 0.571. The van der Waals surface area contributed by atoms with E-state index < -0.39 is 27.1 Å². The highest BCUT2D eigenvalue weighted by Crippen LogP contribution is 2.37. The highest BCUT2D eigenvalue weighted by molar-refractivity contribution is 7.89. The van der Waals surface area contributed by atoms with E-state index in [1.165, 1.54) is 16.4 Å². The molecular formula is C20H23N3O5S. The summed E-state index contributed by atoms with van der Waals surface area (Å²) >= 11 is 0. The van der Waals surface area contributed by atoms with Crippen LogP contribution in [0.15, 0.2) is 47.4 Å². The molecule has 0 radical (unpaired) electrons. The minimum Gasteiger partial charge on any atom is -0.390 e. The fourth-order valence-corrected chi connectivity index (χ4v) is 5.65. The van der Waals surface area contributed by atoms with Crippen molar-refractivity contribution in [3.63, 3.8) is 0 Å². The Morgan fingerprint density at radius 1 is 1.10 bits per heavy atom. The number of nitro benzene ring substituents is 1. The van der Waals surface area contributed by atoms with Gasteiger partial charge in [0, 0.05) is 25.6 Å². The number of nitrogens with one attached hydrogen (secondary N) is 1. The van der Waals surface area contributed by atoms with Crippen LogP contribution in [0.25, 0.3) is 0 Å². The Balaban J connectivity index is 1.66. The molecule has 2 aromatic rings. The van der Waals surface area contributed by atoms with Crippen molar-refractivity contribution in [1.29, 1.82) is 0 Å². The van der Waals surface area contributed by atoms with E-state index >= 15 is 0 Å². The van der Waals surface area contributed by atoms with Crippen molar-refractivity contribution in [3.05, 3.63) is 63.7 Å². The Labute approximate surface area is 169 Å². The fraction of sp³-hybridized carbons (Fsp3) is 0.400. The van der Waals surface area contributed by atoms with Gasteiger partial charge in [-0.25, -0.2) is 8.42 Å². The van der Waals surface area contributed by atoms with Gasteiger partial charge in [0.15, 0.2) is 0 Å².